The molecule has 0 spiro atoms. The van der Waals surface area contributed by atoms with Crippen LogP contribution in [0.1, 0.15) is 330 Å². The number of unbranched alkanes of at least 4 members (excludes halogenated alkanes) is 20. The van der Waals surface area contributed by atoms with E-state index in [-0.39, 0.29) is 21.7 Å². The van der Waals surface area contributed by atoms with E-state index in [4.69, 9.17) is 8.83 Å². The summed E-state index contributed by atoms with van der Waals surface area (Å²) in [6.45, 7) is 29.3. The molecule has 2 aromatic heterocycles. The summed E-state index contributed by atoms with van der Waals surface area (Å²) in [7, 11) is 0. The molecule has 15 aromatic rings. The van der Waals surface area contributed by atoms with Gasteiger partial charge in [0.1, 0.15) is 22.3 Å². The number of hydrogen-bond donors (Lipinski definition) is 0. The smallest absolute Gasteiger partial charge is 0.144 e. The maximum Gasteiger partial charge on any atom is 0.144 e. The number of para-hydroxylation sites is 2. The Kier molecular flexibility index (Phi) is 21.2. The van der Waals surface area contributed by atoms with E-state index in [1.807, 2.05) is 0 Å². The molecular weight excluding hydrogens is 1520 g/mol. The molecule has 638 valence electrons. The van der Waals surface area contributed by atoms with Gasteiger partial charge in [-0.3, -0.25) is 0 Å². The van der Waals surface area contributed by atoms with Gasteiger partial charge in [-0.25, -0.2) is 0 Å². The van der Waals surface area contributed by atoms with Gasteiger partial charge in [-0.2, -0.15) is 0 Å². The molecule has 0 bridgehead atoms. The van der Waals surface area contributed by atoms with E-state index in [2.05, 4.69) is 314 Å². The molecule has 0 saturated heterocycles. The molecule has 2 heteroatoms. The van der Waals surface area contributed by atoms with Crippen LogP contribution in [0.15, 0.2) is 239 Å². The van der Waals surface area contributed by atoms with Crippen molar-refractivity contribution in [3.63, 3.8) is 0 Å². The van der Waals surface area contributed by atoms with E-state index in [1.165, 1.54) is 346 Å². The van der Waals surface area contributed by atoms with Crippen LogP contribution in [0, 0.1) is 0 Å². The fraction of sp³-hybridized carbons (Fsp3) is 0.371. The lowest BCUT2D eigenvalue weighted by Crippen LogP contribution is -2.25. The fourth-order valence-corrected chi connectivity index (χ4v) is 26.0. The molecule has 0 N–H and O–H groups in total. The van der Waals surface area contributed by atoms with Crippen molar-refractivity contribution in [1.29, 1.82) is 0 Å². The minimum absolute atomic E-state index is 0.0253. The third-order valence-corrected chi connectivity index (χ3v) is 32.6. The Labute approximate surface area is 751 Å². The monoisotopic (exact) mass is 1650 g/mol. The zero-order valence-electron chi connectivity index (χ0n) is 77.6. The summed E-state index contributed by atoms with van der Waals surface area (Å²) in [5.41, 5.74) is 46.1. The van der Waals surface area contributed by atoms with Crippen LogP contribution in [0.4, 0.5) is 0 Å². The SMILES string of the molecule is CCCCCCCCC1(CCCCCCCC)c2ccccc2-c2ccc(-c3ccc4c(c3)C(C)(C)c3cc(-c5cc6c(c7oc8ccccc8c57)-c5ccc7c(c5C6(C)C)C(C)(C)c5cc(-c6ccc8c(c6)C(C)(C)c6cc(-c9ccc%10c(c9)C(CCCCCCCC)(CCCCCCCC)c9ccccc9-%10)ccc6-8)c6c(oc8ccccc86)c5-7)ccc3-4)cc21. The third-order valence-electron chi connectivity index (χ3n) is 32.6. The van der Waals surface area contributed by atoms with Crippen LogP contribution >= 0.6 is 0 Å². The predicted octanol–water partition coefficient (Wildman–Crippen LogP) is 36.9. The van der Waals surface area contributed by atoms with Crippen molar-refractivity contribution < 1.29 is 8.83 Å². The van der Waals surface area contributed by atoms with Crippen molar-refractivity contribution in [1.82, 2.24) is 0 Å². The van der Waals surface area contributed by atoms with Crippen LogP contribution in [-0.4, -0.2) is 0 Å². The minimum Gasteiger partial charge on any atom is -0.455 e. The summed E-state index contributed by atoms with van der Waals surface area (Å²) < 4.78 is 14.8. The maximum absolute atomic E-state index is 7.42. The van der Waals surface area contributed by atoms with Crippen LogP contribution in [0.25, 0.3) is 155 Å². The van der Waals surface area contributed by atoms with Crippen molar-refractivity contribution in [2.24, 2.45) is 0 Å². The van der Waals surface area contributed by atoms with E-state index >= 15 is 0 Å². The summed E-state index contributed by atoms with van der Waals surface area (Å²) in [4.78, 5) is 0. The molecule has 6 aliphatic carbocycles. The molecule has 0 amide bonds. The molecule has 0 unspecified atom stereocenters. The maximum atomic E-state index is 7.42. The molecule has 2 heterocycles. The quantitative estimate of drug-likeness (QED) is 0.0393. The second kappa shape index (κ2) is 32.3. The highest BCUT2D eigenvalue weighted by Crippen LogP contribution is 2.66. The summed E-state index contributed by atoms with van der Waals surface area (Å²) in [6, 6.07) is 91.7. The number of rotatable bonds is 32. The van der Waals surface area contributed by atoms with Gasteiger partial charge in [-0.15, -0.1) is 0 Å². The molecule has 6 aliphatic rings. The summed E-state index contributed by atoms with van der Waals surface area (Å²) in [5, 5.41) is 4.69. The van der Waals surface area contributed by atoms with Crippen LogP contribution in [0.3, 0.4) is 0 Å². The van der Waals surface area contributed by atoms with Gasteiger partial charge in [0.15, 0.2) is 0 Å². The van der Waals surface area contributed by atoms with Gasteiger partial charge in [0, 0.05) is 65.2 Å². The number of furan rings is 2. The van der Waals surface area contributed by atoms with Gasteiger partial charge in [-0.1, -0.05) is 407 Å². The Morgan fingerprint density at radius 3 is 0.810 bits per heavy atom. The first-order valence-corrected chi connectivity index (χ1v) is 49.6. The number of hydrogen-bond acceptors (Lipinski definition) is 2. The molecule has 0 radical (unpaired) electrons. The van der Waals surface area contributed by atoms with E-state index < -0.39 is 10.8 Å². The molecule has 126 heavy (non-hydrogen) atoms. The standard InChI is InChI=1S/C124H130O2/c1-13-17-21-25-29-41-67-123(68-42-30-26-22-18-14-2)99-49-37-33-45-85(99)91-61-55-81(73-105(91)123)79-53-59-87-89-63-57-83(75-103(89)119(5,6)101(87)71-79)97-77-107-113(117-111(97)93-47-35-39-51-109(93)125-117)95-65-66-96-114-108(122(11,12)116(96)115(95)121(107,9)10)78-98(112-94-48-36-40-52-110(94)126-118(112)114)84-58-64-90-88-60-54-80(72-102(88)120(7,8)104(90)76-84)82-56-62-92-86-46-34-38-50-100(86)124(106(92)74-82,69-43-31-27-23-19-15-3)70-44-32-28-24-20-16-4/h33-40,45-66,71-78H,13-32,41-44,67-70H2,1-12H3. The van der Waals surface area contributed by atoms with E-state index in [0.717, 1.165) is 33.1 Å². The van der Waals surface area contributed by atoms with Gasteiger partial charge in [0.25, 0.3) is 0 Å². The normalized spacial score (nSPS) is 15.8. The average molecular weight is 1650 g/mol. The Hall–Kier alpha value is -10.5. The average Bonchev–Trinajstić information content (AvgIpc) is 1.51. The lowest BCUT2D eigenvalue weighted by Gasteiger charge is -2.33. The Bertz CT molecular complexity index is 6360. The molecule has 13 aromatic carbocycles. The van der Waals surface area contributed by atoms with Gasteiger partial charge < -0.3 is 8.83 Å². The first-order chi connectivity index (χ1) is 61.4. The Morgan fingerprint density at radius 1 is 0.206 bits per heavy atom. The highest BCUT2D eigenvalue weighted by atomic mass is 16.3. The van der Waals surface area contributed by atoms with Crippen LogP contribution in [-0.2, 0) is 32.5 Å². The number of benzene rings is 13. The molecule has 0 atom stereocenters. The molecule has 21 rings (SSSR count). The van der Waals surface area contributed by atoms with Crippen LogP contribution < -0.4 is 0 Å². The summed E-state index contributed by atoms with van der Waals surface area (Å²) in [5.74, 6) is 0. The second-order valence-corrected chi connectivity index (χ2v) is 41.6. The van der Waals surface area contributed by atoms with Crippen molar-refractivity contribution in [2.75, 3.05) is 0 Å². The van der Waals surface area contributed by atoms with Gasteiger partial charge in [0.2, 0.25) is 0 Å². The zero-order chi connectivity index (χ0) is 86.2. The van der Waals surface area contributed by atoms with E-state index in [0.29, 0.717) is 0 Å². The molecule has 0 fully saturated rings. The van der Waals surface area contributed by atoms with Crippen molar-refractivity contribution >= 4 is 43.9 Å². The lowest BCUT2D eigenvalue weighted by molar-refractivity contribution is 0.398. The topological polar surface area (TPSA) is 26.3 Å². The Morgan fingerprint density at radius 2 is 0.468 bits per heavy atom. The number of fused-ring (bicyclic) bond motifs is 27. The van der Waals surface area contributed by atoms with Gasteiger partial charge in [-0.05, 0) is 253 Å². The van der Waals surface area contributed by atoms with Crippen LogP contribution in [0.5, 0.6) is 0 Å². The molecule has 2 nitrogen and oxygen atoms in total. The highest BCUT2D eigenvalue weighted by molar-refractivity contribution is 6.21. The third kappa shape index (κ3) is 13.0. The van der Waals surface area contributed by atoms with Crippen molar-refractivity contribution in [3.8, 4) is 111 Å². The van der Waals surface area contributed by atoms with Crippen molar-refractivity contribution in [3.05, 3.63) is 297 Å². The first-order valence-electron chi connectivity index (χ1n) is 49.6. The largest absolute Gasteiger partial charge is 0.455 e. The van der Waals surface area contributed by atoms with Crippen molar-refractivity contribution in [2.45, 2.75) is 295 Å². The summed E-state index contributed by atoms with van der Waals surface area (Å²) in [6.07, 6.45) is 36.5. The highest BCUT2D eigenvalue weighted by Gasteiger charge is 2.51. The molecule has 0 aliphatic heterocycles. The molecule has 0 saturated carbocycles. The summed E-state index contributed by atoms with van der Waals surface area (Å²) >= 11 is 0. The minimum atomic E-state index is -0.421. The van der Waals surface area contributed by atoms with E-state index in [9.17, 15) is 0 Å². The van der Waals surface area contributed by atoms with Gasteiger partial charge >= 0.3 is 0 Å². The lowest BCUT2D eigenvalue weighted by atomic mass is 9.70. The predicted molar refractivity (Wildman–Crippen MR) is 537 cm³/mol. The van der Waals surface area contributed by atoms with Crippen LogP contribution in [0.2, 0.25) is 0 Å². The second-order valence-electron chi connectivity index (χ2n) is 41.6. The zero-order valence-corrected chi connectivity index (χ0v) is 77.6. The Balaban J connectivity index is 0.616. The first kappa shape index (κ1) is 82.4. The van der Waals surface area contributed by atoms with Gasteiger partial charge in [0.05, 0.1) is 0 Å². The fourth-order valence-electron chi connectivity index (χ4n) is 26.0. The molecular formula is C124H130O2. The van der Waals surface area contributed by atoms with E-state index in [1.54, 1.807) is 22.3 Å².